The van der Waals surface area contributed by atoms with Crippen molar-refractivity contribution in [3.63, 3.8) is 0 Å². The van der Waals surface area contributed by atoms with Crippen LogP contribution in [0.25, 0.3) is 0 Å². The van der Waals surface area contributed by atoms with Crippen molar-refractivity contribution in [2.24, 2.45) is 17.9 Å². The van der Waals surface area contributed by atoms with Crippen molar-refractivity contribution in [2.75, 3.05) is 13.1 Å². The Labute approximate surface area is 88.8 Å². The number of nitrogens with zero attached hydrogens (tertiary/aromatic N) is 4. The van der Waals surface area contributed by atoms with E-state index in [1.807, 2.05) is 14.0 Å². The lowest BCUT2D eigenvalue weighted by atomic mass is 10.4. The highest BCUT2D eigenvalue weighted by atomic mass is 15.3. The Morgan fingerprint density at radius 3 is 3.00 bits per heavy atom. The summed E-state index contributed by atoms with van der Waals surface area (Å²) >= 11 is 0. The summed E-state index contributed by atoms with van der Waals surface area (Å²) in [7, 11) is 1.84. The maximum absolute atomic E-state index is 5.26. The summed E-state index contributed by atoms with van der Waals surface area (Å²) in [4.78, 5) is 8.31. The number of hydrogen-bond donors (Lipinski definition) is 3. The highest BCUT2D eigenvalue weighted by Gasteiger charge is 1.98. The first-order valence-electron chi connectivity index (χ1n) is 4.85. The Morgan fingerprint density at radius 1 is 1.67 bits per heavy atom. The first-order chi connectivity index (χ1) is 7.26. The van der Waals surface area contributed by atoms with Crippen LogP contribution < -0.4 is 16.6 Å². The second kappa shape index (κ2) is 5.97. The van der Waals surface area contributed by atoms with Crippen LogP contribution in [0.3, 0.4) is 0 Å². The molecular weight excluding hydrogens is 194 g/mol. The van der Waals surface area contributed by atoms with Crippen LogP contribution in [-0.2, 0) is 13.5 Å². The van der Waals surface area contributed by atoms with Gasteiger partial charge >= 0.3 is 0 Å². The van der Waals surface area contributed by atoms with Gasteiger partial charge in [-0.15, -0.1) is 0 Å². The molecule has 1 aromatic heterocycles. The highest BCUT2D eigenvalue weighted by molar-refractivity contribution is 5.79. The number of nitrogens with two attached hydrogens (primary N) is 1. The van der Waals surface area contributed by atoms with Gasteiger partial charge in [-0.1, -0.05) is 0 Å². The third-order valence-electron chi connectivity index (χ3n) is 1.73. The maximum atomic E-state index is 5.26. The van der Waals surface area contributed by atoms with E-state index in [1.54, 1.807) is 11.0 Å². The third-order valence-corrected chi connectivity index (χ3v) is 1.73. The van der Waals surface area contributed by atoms with Gasteiger partial charge in [0.15, 0.2) is 5.82 Å². The number of rotatable bonds is 4. The van der Waals surface area contributed by atoms with E-state index >= 15 is 0 Å². The fraction of sp³-hybridized carbons (Fsp3) is 0.625. The Morgan fingerprint density at radius 2 is 2.47 bits per heavy atom. The summed E-state index contributed by atoms with van der Waals surface area (Å²) in [5.74, 6) is 6.64. The van der Waals surface area contributed by atoms with E-state index in [2.05, 4.69) is 25.8 Å². The molecule has 0 amide bonds. The summed E-state index contributed by atoms with van der Waals surface area (Å²) in [6, 6.07) is 0. The van der Waals surface area contributed by atoms with E-state index in [1.165, 1.54) is 0 Å². The van der Waals surface area contributed by atoms with Gasteiger partial charge in [0.2, 0.25) is 5.96 Å². The first kappa shape index (κ1) is 11.4. The molecule has 0 fully saturated rings. The molecule has 1 aromatic rings. The molecule has 1 heterocycles. The SMILES string of the molecule is CCNC(=NCCc1ncn(C)n1)NN. The van der Waals surface area contributed by atoms with Gasteiger partial charge in [-0.3, -0.25) is 15.1 Å². The van der Waals surface area contributed by atoms with Crippen LogP contribution in [0.1, 0.15) is 12.7 Å². The molecule has 4 N–H and O–H groups in total. The number of guanidine groups is 1. The molecule has 15 heavy (non-hydrogen) atoms. The Kier molecular flexibility index (Phi) is 4.55. The average molecular weight is 211 g/mol. The lowest BCUT2D eigenvalue weighted by Crippen LogP contribution is -2.41. The van der Waals surface area contributed by atoms with Crippen LogP contribution in [0, 0.1) is 0 Å². The number of hydrogen-bond acceptors (Lipinski definition) is 4. The lowest BCUT2D eigenvalue weighted by Gasteiger charge is -2.05. The summed E-state index contributed by atoms with van der Waals surface area (Å²) in [5.41, 5.74) is 2.49. The molecule has 0 unspecified atom stereocenters. The normalized spacial score (nSPS) is 11.5. The number of aromatic nitrogens is 3. The molecule has 7 nitrogen and oxygen atoms in total. The van der Waals surface area contributed by atoms with Gasteiger partial charge in [-0.2, -0.15) is 5.10 Å². The topological polar surface area (TPSA) is 93.1 Å². The first-order valence-corrected chi connectivity index (χ1v) is 4.85. The molecule has 84 valence electrons. The fourth-order valence-corrected chi connectivity index (χ4v) is 1.09. The zero-order chi connectivity index (χ0) is 11.1. The molecular formula is C8H17N7. The molecule has 0 spiro atoms. The van der Waals surface area contributed by atoms with Gasteiger partial charge in [-0.25, -0.2) is 10.8 Å². The number of aryl methyl sites for hydroxylation is 1. The predicted molar refractivity (Wildman–Crippen MR) is 58.0 cm³/mol. The number of aliphatic imine (C=N–C) groups is 1. The minimum absolute atomic E-state index is 0.591. The minimum atomic E-state index is 0.591. The third kappa shape index (κ3) is 3.94. The largest absolute Gasteiger partial charge is 0.356 e. The van der Waals surface area contributed by atoms with Crippen molar-refractivity contribution in [2.45, 2.75) is 13.3 Å². The van der Waals surface area contributed by atoms with Crippen molar-refractivity contribution < 1.29 is 0 Å². The van der Waals surface area contributed by atoms with Gasteiger partial charge in [0.05, 0.1) is 0 Å². The molecule has 0 aliphatic carbocycles. The zero-order valence-electron chi connectivity index (χ0n) is 9.06. The van der Waals surface area contributed by atoms with E-state index in [9.17, 15) is 0 Å². The van der Waals surface area contributed by atoms with Crippen molar-refractivity contribution in [3.8, 4) is 0 Å². The summed E-state index contributed by atoms with van der Waals surface area (Å²) in [6.45, 7) is 3.37. The van der Waals surface area contributed by atoms with Gasteiger partial charge in [-0.05, 0) is 6.92 Å². The quantitative estimate of drug-likeness (QED) is 0.251. The van der Waals surface area contributed by atoms with Crippen LogP contribution in [-0.4, -0.2) is 33.8 Å². The molecule has 0 aliphatic heterocycles. The van der Waals surface area contributed by atoms with Crippen LogP contribution in [0.5, 0.6) is 0 Å². The second-order valence-corrected chi connectivity index (χ2v) is 2.99. The smallest absolute Gasteiger partial charge is 0.205 e. The number of nitrogens with one attached hydrogen (secondary N) is 2. The molecule has 0 radical (unpaired) electrons. The molecule has 0 aliphatic rings. The van der Waals surface area contributed by atoms with Crippen molar-refractivity contribution in [1.29, 1.82) is 0 Å². The summed E-state index contributed by atoms with van der Waals surface area (Å²) in [5, 5.41) is 7.14. The minimum Gasteiger partial charge on any atom is -0.356 e. The predicted octanol–water partition coefficient (Wildman–Crippen LogP) is -1.21. The van der Waals surface area contributed by atoms with Crippen molar-refractivity contribution in [1.82, 2.24) is 25.5 Å². The number of hydrazine groups is 1. The van der Waals surface area contributed by atoms with Crippen LogP contribution in [0.4, 0.5) is 0 Å². The van der Waals surface area contributed by atoms with Gasteiger partial charge in [0.1, 0.15) is 6.33 Å². The van der Waals surface area contributed by atoms with Gasteiger partial charge < -0.3 is 5.32 Å². The van der Waals surface area contributed by atoms with E-state index in [-0.39, 0.29) is 0 Å². The van der Waals surface area contributed by atoms with Crippen molar-refractivity contribution in [3.05, 3.63) is 12.2 Å². The van der Waals surface area contributed by atoms with Crippen molar-refractivity contribution >= 4 is 5.96 Å². The van der Waals surface area contributed by atoms with E-state index in [0.29, 0.717) is 18.9 Å². The monoisotopic (exact) mass is 211 g/mol. The molecule has 0 bridgehead atoms. The molecule has 0 saturated heterocycles. The van der Waals surface area contributed by atoms with E-state index in [4.69, 9.17) is 5.84 Å². The molecule has 0 aromatic carbocycles. The Hall–Kier alpha value is -1.63. The summed E-state index contributed by atoms with van der Waals surface area (Å²) < 4.78 is 1.67. The van der Waals surface area contributed by atoms with Crippen LogP contribution in [0.2, 0.25) is 0 Å². The second-order valence-electron chi connectivity index (χ2n) is 2.99. The Balaban J connectivity index is 2.36. The molecule has 0 atom stereocenters. The van der Waals surface area contributed by atoms with Gasteiger partial charge in [0, 0.05) is 26.6 Å². The van der Waals surface area contributed by atoms with Gasteiger partial charge in [0.25, 0.3) is 0 Å². The van der Waals surface area contributed by atoms with Crippen LogP contribution >= 0.6 is 0 Å². The molecule has 0 saturated carbocycles. The standard InChI is InChI=1S/C8H17N7/c1-3-10-8(13-9)11-5-4-7-12-6-15(2)14-7/h6H,3-5,9H2,1-2H3,(H2,10,11,13). The van der Waals surface area contributed by atoms with E-state index in [0.717, 1.165) is 12.4 Å². The average Bonchev–Trinajstić information content (AvgIpc) is 2.63. The zero-order valence-corrected chi connectivity index (χ0v) is 9.06. The fourth-order valence-electron chi connectivity index (χ4n) is 1.09. The molecule has 7 heteroatoms. The summed E-state index contributed by atoms with van der Waals surface area (Å²) in [6.07, 6.45) is 2.38. The van der Waals surface area contributed by atoms with E-state index < -0.39 is 0 Å². The Bertz CT molecular complexity index is 317. The van der Waals surface area contributed by atoms with Crippen LogP contribution in [0.15, 0.2) is 11.3 Å². The lowest BCUT2D eigenvalue weighted by molar-refractivity contribution is 0.737. The molecule has 1 rings (SSSR count). The maximum Gasteiger partial charge on any atom is 0.205 e. The highest BCUT2D eigenvalue weighted by Crippen LogP contribution is 1.89.